The van der Waals surface area contributed by atoms with Crippen LogP contribution in [0.2, 0.25) is 5.02 Å². The highest BCUT2D eigenvalue weighted by Crippen LogP contribution is 2.29. The predicted octanol–water partition coefficient (Wildman–Crippen LogP) is 3.54. The van der Waals surface area contributed by atoms with Crippen LogP contribution in [0.4, 0.5) is 4.39 Å². The Hall–Kier alpha value is -1.82. The monoisotopic (exact) mass is 353 g/mol. The summed E-state index contributed by atoms with van der Waals surface area (Å²) in [5, 5.41) is 12.7. The fourth-order valence-electron chi connectivity index (χ4n) is 2.16. The van der Waals surface area contributed by atoms with Gasteiger partial charge >= 0.3 is 0 Å². The lowest BCUT2D eigenvalue weighted by Crippen LogP contribution is -2.23. The second kappa shape index (κ2) is 8.87. The Morgan fingerprint density at radius 2 is 2.00 bits per heavy atom. The van der Waals surface area contributed by atoms with Crippen LogP contribution in [0.25, 0.3) is 0 Å². The van der Waals surface area contributed by atoms with Gasteiger partial charge in [-0.15, -0.1) is 0 Å². The van der Waals surface area contributed by atoms with Gasteiger partial charge in [-0.1, -0.05) is 23.7 Å². The first-order valence-electron chi connectivity index (χ1n) is 7.62. The number of hydrogen-bond donors (Lipinski definition) is 2. The Bertz CT molecular complexity index is 679. The Morgan fingerprint density at radius 3 is 2.67 bits per heavy atom. The summed E-state index contributed by atoms with van der Waals surface area (Å²) in [6.07, 6.45) is -0.394. The molecular weight excluding hydrogens is 333 g/mol. The van der Waals surface area contributed by atoms with E-state index in [1.54, 1.807) is 20.1 Å². The van der Waals surface area contributed by atoms with Crippen LogP contribution < -0.4 is 14.8 Å². The number of ether oxygens (including phenoxy) is 2. The largest absolute Gasteiger partial charge is 0.493 e. The lowest BCUT2D eigenvalue weighted by Gasteiger charge is -2.13. The standard InChI is InChI=1S/C18H21ClFNO3/c1-12(22)9-21-10-13-3-6-17(18(7-13)23-2)24-11-14-4-5-15(20)8-16(14)19/h3-8,12,21-22H,9-11H2,1-2H3/t12-/m0/s1. The molecule has 0 aliphatic rings. The minimum atomic E-state index is -0.394. The Morgan fingerprint density at radius 1 is 1.21 bits per heavy atom. The van der Waals surface area contributed by atoms with E-state index >= 15 is 0 Å². The van der Waals surface area contributed by atoms with Gasteiger partial charge in [0.1, 0.15) is 12.4 Å². The minimum Gasteiger partial charge on any atom is -0.493 e. The van der Waals surface area contributed by atoms with Crippen molar-refractivity contribution in [3.63, 3.8) is 0 Å². The number of aliphatic hydroxyl groups excluding tert-OH is 1. The summed E-state index contributed by atoms with van der Waals surface area (Å²) in [6.45, 7) is 3.08. The molecular formula is C18H21ClFNO3. The van der Waals surface area contributed by atoms with Crippen molar-refractivity contribution in [3.05, 3.63) is 58.4 Å². The molecule has 130 valence electrons. The lowest BCUT2D eigenvalue weighted by atomic mass is 10.2. The van der Waals surface area contributed by atoms with Crippen molar-refractivity contribution in [2.75, 3.05) is 13.7 Å². The van der Waals surface area contributed by atoms with Crippen molar-refractivity contribution in [2.45, 2.75) is 26.2 Å². The van der Waals surface area contributed by atoms with Gasteiger partial charge in [0.05, 0.1) is 18.2 Å². The average Bonchev–Trinajstić information content (AvgIpc) is 2.54. The number of methoxy groups -OCH3 is 1. The molecule has 0 bridgehead atoms. The van der Waals surface area contributed by atoms with Crippen LogP contribution >= 0.6 is 11.6 Å². The van der Waals surface area contributed by atoms with E-state index in [9.17, 15) is 9.50 Å². The summed E-state index contributed by atoms with van der Waals surface area (Å²) >= 11 is 6.00. The molecule has 24 heavy (non-hydrogen) atoms. The molecule has 2 N–H and O–H groups in total. The van der Waals surface area contributed by atoms with Gasteiger partial charge in [0.25, 0.3) is 0 Å². The first-order valence-corrected chi connectivity index (χ1v) is 8.00. The predicted molar refractivity (Wildman–Crippen MR) is 92.1 cm³/mol. The zero-order chi connectivity index (χ0) is 17.5. The van der Waals surface area contributed by atoms with Gasteiger partial charge in [-0.05, 0) is 36.8 Å². The van der Waals surface area contributed by atoms with Crippen molar-refractivity contribution in [1.29, 1.82) is 0 Å². The van der Waals surface area contributed by atoms with E-state index < -0.39 is 6.10 Å². The summed E-state index contributed by atoms with van der Waals surface area (Å²) in [4.78, 5) is 0. The number of halogens is 2. The van der Waals surface area contributed by atoms with Crippen molar-refractivity contribution >= 4 is 11.6 Å². The summed E-state index contributed by atoms with van der Waals surface area (Å²) in [5.74, 6) is 0.803. The van der Waals surface area contributed by atoms with E-state index in [4.69, 9.17) is 21.1 Å². The van der Waals surface area contributed by atoms with Crippen LogP contribution in [0.15, 0.2) is 36.4 Å². The molecule has 6 heteroatoms. The highest BCUT2D eigenvalue weighted by Gasteiger charge is 2.08. The van der Waals surface area contributed by atoms with E-state index in [0.29, 0.717) is 35.2 Å². The minimum absolute atomic E-state index is 0.217. The van der Waals surface area contributed by atoms with Gasteiger partial charge in [-0.2, -0.15) is 0 Å². The summed E-state index contributed by atoms with van der Waals surface area (Å²) in [7, 11) is 1.57. The molecule has 0 aromatic heterocycles. The maximum absolute atomic E-state index is 13.1. The topological polar surface area (TPSA) is 50.7 Å². The fraction of sp³-hybridized carbons (Fsp3) is 0.333. The third-order valence-corrected chi connectivity index (χ3v) is 3.75. The SMILES string of the molecule is COc1cc(CNC[C@H](C)O)ccc1OCc1ccc(F)cc1Cl. The van der Waals surface area contributed by atoms with Crippen LogP contribution in [0.3, 0.4) is 0 Å². The van der Waals surface area contributed by atoms with Gasteiger partial charge in [-0.25, -0.2) is 4.39 Å². The van der Waals surface area contributed by atoms with Gasteiger partial charge < -0.3 is 19.9 Å². The summed E-state index contributed by atoms with van der Waals surface area (Å²) in [6, 6.07) is 9.80. The first-order chi connectivity index (χ1) is 11.5. The molecule has 0 aliphatic carbocycles. The molecule has 0 heterocycles. The quantitative estimate of drug-likeness (QED) is 0.762. The van der Waals surface area contributed by atoms with Crippen molar-refractivity contribution in [2.24, 2.45) is 0 Å². The molecule has 1 atom stereocenters. The van der Waals surface area contributed by atoms with Crippen LogP contribution in [-0.4, -0.2) is 24.9 Å². The second-order valence-corrected chi connectivity index (χ2v) is 5.90. The third-order valence-electron chi connectivity index (χ3n) is 3.40. The molecule has 2 aromatic carbocycles. The molecule has 0 aliphatic heterocycles. The van der Waals surface area contributed by atoms with Crippen LogP contribution in [0, 0.1) is 5.82 Å². The fourth-order valence-corrected chi connectivity index (χ4v) is 2.38. The van der Waals surface area contributed by atoms with Crippen molar-refractivity contribution < 1.29 is 19.0 Å². The average molecular weight is 354 g/mol. The molecule has 0 unspecified atom stereocenters. The highest BCUT2D eigenvalue weighted by molar-refractivity contribution is 6.31. The van der Waals surface area contributed by atoms with E-state index in [1.165, 1.54) is 12.1 Å². The van der Waals surface area contributed by atoms with E-state index in [-0.39, 0.29) is 12.4 Å². The second-order valence-electron chi connectivity index (χ2n) is 5.49. The maximum Gasteiger partial charge on any atom is 0.161 e. The Balaban J connectivity index is 2.01. The van der Waals surface area contributed by atoms with Gasteiger partial charge in [0.2, 0.25) is 0 Å². The maximum atomic E-state index is 13.1. The normalized spacial score (nSPS) is 12.0. The zero-order valence-corrected chi connectivity index (χ0v) is 14.4. The van der Waals surface area contributed by atoms with Gasteiger partial charge in [0, 0.05) is 18.7 Å². The zero-order valence-electron chi connectivity index (χ0n) is 13.7. The van der Waals surface area contributed by atoms with Crippen LogP contribution in [0.1, 0.15) is 18.1 Å². The van der Waals surface area contributed by atoms with Gasteiger partial charge in [0.15, 0.2) is 11.5 Å². The highest BCUT2D eigenvalue weighted by atomic mass is 35.5. The number of nitrogens with one attached hydrogen (secondary N) is 1. The summed E-state index contributed by atoms with van der Waals surface area (Å²) < 4.78 is 24.2. The van der Waals surface area contributed by atoms with Crippen molar-refractivity contribution in [3.8, 4) is 11.5 Å². The first kappa shape index (κ1) is 18.5. The molecule has 0 radical (unpaired) electrons. The van der Waals surface area contributed by atoms with E-state index in [1.807, 2.05) is 18.2 Å². The molecule has 0 amide bonds. The molecule has 0 spiro atoms. The number of benzene rings is 2. The van der Waals surface area contributed by atoms with E-state index in [2.05, 4.69) is 5.32 Å². The van der Waals surface area contributed by atoms with E-state index in [0.717, 1.165) is 5.56 Å². The van der Waals surface area contributed by atoms with Crippen LogP contribution in [-0.2, 0) is 13.2 Å². The smallest absolute Gasteiger partial charge is 0.161 e. The number of hydrogen-bond acceptors (Lipinski definition) is 4. The number of rotatable bonds is 8. The van der Waals surface area contributed by atoms with Gasteiger partial charge in [-0.3, -0.25) is 0 Å². The Kier molecular flexibility index (Phi) is 6.85. The molecule has 0 saturated carbocycles. The molecule has 2 rings (SSSR count). The molecule has 0 saturated heterocycles. The number of aliphatic hydroxyl groups is 1. The van der Waals surface area contributed by atoms with Crippen molar-refractivity contribution in [1.82, 2.24) is 5.32 Å². The summed E-state index contributed by atoms with van der Waals surface area (Å²) in [5.41, 5.74) is 1.71. The third kappa shape index (κ3) is 5.37. The van der Waals surface area contributed by atoms with Crippen LogP contribution in [0.5, 0.6) is 11.5 Å². The molecule has 2 aromatic rings. The molecule has 0 fully saturated rings. The Labute approximate surface area is 146 Å². The molecule has 4 nitrogen and oxygen atoms in total. The lowest BCUT2D eigenvalue weighted by molar-refractivity contribution is 0.191.